The third kappa shape index (κ3) is 3.18. The van der Waals surface area contributed by atoms with Gasteiger partial charge in [-0.25, -0.2) is 4.79 Å². The van der Waals surface area contributed by atoms with Crippen molar-refractivity contribution in [2.24, 2.45) is 5.41 Å². The van der Waals surface area contributed by atoms with Crippen molar-refractivity contribution >= 4 is 12.0 Å². The third-order valence-corrected chi connectivity index (χ3v) is 3.98. The van der Waals surface area contributed by atoms with E-state index < -0.39 is 11.4 Å². The molecule has 2 rings (SSSR count). The summed E-state index contributed by atoms with van der Waals surface area (Å²) in [5.41, 5.74) is -0.809. The molecule has 0 radical (unpaired) electrons. The molecule has 2 fully saturated rings. The fraction of sp³-hybridized carbons (Fsp3) is 0.846. The lowest BCUT2D eigenvalue weighted by molar-refractivity contribution is -0.150. The maximum Gasteiger partial charge on any atom is 0.320 e. The molecule has 2 aliphatic rings. The normalized spacial score (nSPS) is 28.9. The molecular weight excluding hydrogens is 248 g/mol. The van der Waals surface area contributed by atoms with E-state index >= 15 is 0 Å². The van der Waals surface area contributed by atoms with Gasteiger partial charge in [0.05, 0.1) is 12.0 Å². The van der Waals surface area contributed by atoms with Crippen molar-refractivity contribution in [1.29, 1.82) is 0 Å². The number of hydrogen-bond donors (Lipinski definition) is 1. The van der Waals surface area contributed by atoms with Gasteiger partial charge in [-0.3, -0.25) is 4.79 Å². The van der Waals surface area contributed by atoms with E-state index in [4.69, 9.17) is 4.74 Å². The van der Waals surface area contributed by atoms with E-state index in [0.29, 0.717) is 45.8 Å². The van der Waals surface area contributed by atoms with E-state index in [1.807, 2.05) is 0 Å². The van der Waals surface area contributed by atoms with Gasteiger partial charge >= 0.3 is 12.0 Å². The average Bonchev–Trinajstić information content (AvgIpc) is 2.66. The van der Waals surface area contributed by atoms with Gasteiger partial charge in [-0.15, -0.1) is 0 Å². The first kappa shape index (κ1) is 14.1. The summed E-state index contributed by atoms with van der Waals surface area (Å²) in [6.45, 7) is 5.22. The SMILES string of the molecule is CC1(C(=O)O)CCCN(C(=O)N2CCCOCC2)C1. The molecule has 2 heterocycles. The van der Waals surface area contributed by atoms with Crippen LogP contribution in [-0.2, 0) is 9.53 Å². The highest BCUT2D eigenvalue weighted by Gasteiger charge is 2.40. The Labute approximate surface area is 113 Å². The first-order chi connectivity index (χ1) is 9.03. The molecule has 0 aliphatic carbocycles. The number of amides is 2. The summed E-state index contributed by atoms with van der Waals surface area (Å²) in [7, 11) is 0. The Bertz CT molecular complexity index is 353. The Hall–Kier alpha value is -1.30. The van der Waals surface area contributed by atoms with Crippen molar-refractivity contribution in [3.63, 3.8) is 0 Å². The number of ether oxygens (including phenoxy) is 1. The van der Waals surface area contributed by atoms with E-state index in [1.54, 1.807) is 16.7 Å². The summed E-state index contributed by atoms with van der Waals surface area (Å²) in [4.78, 5) is 27.2. The number of piperidine rings is 1. The van der Waals surface area contributed by atoms with Gasteiger partial charge in [-0.1, -0.05) is 0 Å². The van der Waals surface area contributed by atoms with Gasteiger partial charge < -0.3 is 19.6 Å². The molecule has 2 aliphatic heterocycles. The number of rotatable bonds is 1. The summed E-state index contributed by atoms with van der Waals surface area (Å²) in [6.07, 6.45) is 2.23. The highest BCUT2D eigenvalue weighted by molar-refractivity contribution is 5.78. The van der Waals surface area contributed by atoms with Gasteiger partial charge in [0.15, 0.2) is 0 Å². The van der Waals surface area contributed by atoms with Crippen LogP contribution in [0.2, 0.25) is 0 Å². The van der Waals surface area contributed by atoms with Gasteiger partial charge in [0.1, 0.15) is 0 Å². The van der Waals surface area contributed by atoms with Crippen LogP contribution in [0.15, 0.2) is 0 Å². The minimum atomic E-state index is -0.816. The van der Waals surface area contributed by atoms with E-state index in [1.165, 1.54) is 0 Å². The molecule has 0 aromatic carbocycles. The smallest absolute Gasteiger partial charge is 0.320 e. The Balaban J connectivity index is 2.00. The summed E-state index contributed by atoms with van der Waals surface area (Å²) >= 11 is 0. The molecule has 2 saturated heterocycles. The predicted molar refractivity (Wildman–Crippen MR) is 69.0 cm³/mol. The van der Waals surface area contributed by atoms with Gasteiger partial charge in [-0.05, 0) is 26.2 Å². The zero-order chi connectivity index (χ0) is 13.9. The summed E-state index contributed by atoms with van der Waals surface area (Å²) < 4.78 is 5.33. The van der Waals surface area contributed by atoms with Crippen LogP contribution in [0.25, 0.3) is 0 Å². The van der Waals surface area contributed by atoms with Crippen LogP contribution in [0.1, 0.15) is 26.2 Å². The minimum Gasteiger partial charge on any atom is -0.481 e. The van der Waals surface area contributed by atoms with Crippen molar-refractivity contribution in [1.82, 2.24) is 9.80 Å². The fourth-order valence-electron chi connectivity index (χ4n) is 2.71. The topological polar surface area (TPSA) is 70.1 Å². The second-order valence-electron chi connectivity index (χ2n) is 5.63. The summed E-state index contributed by atoms with van der Waals surface area (Å²) in [6, 6.07) is -0.0438. The van der Waals surface area contributed by atoms with Crippen LogP contribution < -0.4 is 0 Å². The number of aliphatic carboxylic acids is 1. The van der Waals surface area contributed by atoms with Crippen LogP contribution in [-0.4, -0.2) is 66.3 Å². The monoisotopic (exact) mass is 270 g/mol. The number of urea groups is 1. The molecule has 19 heavy (non-hydrogen) atoms. The van der Waals surface area contributed by atoms with Gasteiger partial charge in [0.2, 0.25) is 0 Å². The molecule has 2 amide bonds. The lowest BCUT2D eigenvalue weighted by Crippen LogP contribution is -2.53. The Morgan fingerprint density at radius 2 is 1.84 bits per heavy atom. The first-order valence-corrected chi connectivity index (χ1v) is 6.88. The number of carbonyl (C=O) groups is 2. The molecule has 0 bridgehead atoms. The minimum absolute atomic E-state index is 0.0438. The Kier molecular flexibility index (Phi) is 4.29. The van der Waals surface area contributed by atoms with Crippen molar-refractivity contribution < 1.29 is 19.4 Å². The van der Waals surface area contributed by atoms with Crippen molar-refractivity contribution in [3.8, 4) is 0 Å². The van der Waals surface area contributed by atoms with Crippen LogP contribution in [0.3, 0.4) is 0 Å². The summed E-state index contributed by atoms with van der Waals surface area (Å²) in [5.74, 6) is -0.816. The van der Waals surface area contributed by atoms with E-state index in [-0.39, 0.29) is 6.03 Å². The number of hydrogen-bond acceptors (Lipinski definition) is 3. The van der Waals surface area contributed by atoms with Gasteiger partial charge in [0, 0.05) is 32.8 Å². The van der Waals surface area contributed by atoms with Crippen LogP contribution in [0.5, 0.6) is 0 Å². The fourth-order valence-corrected chi connectivity index (χ4v) is 2.71. The van der Waals surface area contributed by atoms with Crippen LogP contribution >= 0.6 is 0 Å². The molecule has 1 atom stereocenters. The molecule has 108 valence electrons. The molecule has 6 nitrogen and oxygen atoms in total. The standard InChI is InChI=1S/C13H22N2O4/c1-13(11(16)17)4-2-5-15(10-13)12(18)14-6-3-8-19-9-7-14/h2-10H2,1H3,(H,16,17). The van der Waals surface area contributed by atoms with Crippen molar-refractivity contribution in [3.05, 3.63) is 0 Å². The second kappa shape index (κ2) is 5.77. The van der Waals surface area contributed by atoms with Gasteiger partial charge in [0.25, 0.3) is 0 Å². The molecule has 6 heteroatoms. The number of carboxylic acids is 1. The molecule has 1 N–H and O–H groups in total. The number of nitrogens with zero attached hydrogens (tertiary/aromatic N) is 2. The van der Waals surface area contributed by atoms with Crippen molar-refractivity contribution in [2.75, 3.05) is 39.4 Å². The van der Waals surface area contributed by atoms with E-state index in [0.717, 1.165) is 12.8 Å². The maximum atomic E-state index is 12.4. The molecule has 1 unspecified atom stereocenters. The molecule has 0 aromatic heterocycles. The highest BCUT2D eigenvalue weighted by Crippen LogP contribution is 2.30. The average molecular weight is 270 g/mol. The molecule has 0 saturated carbocycles. The Morgan fingerprint density at radius 1 is 1.11 bits per heavy atom. The quantitative estimate of drug-likeness (QED) is 0.772. The number of likely N-dealkylation sites (tertiary alicyclic amines) is 1. The second-order valence-corrected chi connectivity index (χ2v) is 5.63. The largest absolute Gasteiger partial charge is 0.481 e. The van der Waals surface area contributed by atoms with E-state index in [2.05, 4.69) is 0 Å². The van der Waals surface area contributed by atoms with Gasteiger partial charge in [-0.2, -0.15) is 0 Å². The predicted octanol–water partition coefficient (Wildman–Crippen LogP) is 1.02. The lowest BCUT2D eigenvalue weighted by Gasteiger charge is -2.39. The van der Waals surface area contributed by atoms with Crippen LogP contribution in [0, 0.1) is 5.41 Å². The summed E-state index contributed by atoms with van der Waals surface area (Å²) in [5, 5.41) is 9.28. The highest BCUT2D eigenvalue weighted by atomic mass is 16.5. The number of carboxylic acid groups (broad SMARTS) is 1. The third-order valence-electron chi connectivity index (χ3n) is 3.98. The Morgan fingerprint density at radius 3 is 2.58 bits per heavy atom. The number of carbonyl (C=O) groups excluding carboxylic acids is 1. The molecule has 0 aromatic rings. The van der Waals surface area contributed by atoms with E-state index in [9.17, 15) is 14.7 Å². The lowest BCUT2D eigenvalue weighted by atomic mass is 9.82. The van der Waals surface area contributed by atoms with Crippen molar-refractivity contribution in [2.45, 2.75) is 26.2 Å². The maximum absolute atomic E-state index is 12.4. The zero-order valence-electron chi connectivity index (χ0n) is 11.4. The zero-order valence-corrected chi connectivity index (χ0v) is 11.4. The molecular formula is C13H22N2O4. The first-order valence-electron chi connectivity index (χ1n) is 6.88. The van der Waals surface area contributed by atoms with Crippen LogP contribution in [0.4, 0.5) is 4.79 Å². The molecule has 0 spiro atoms.